The predicted molar refractivity (Wildman–Crippen MR) is 93.0 cm³/mol. The third-order valence-corrected chi connectivity index (χ3v) is 4.70. The Morgan fingerprint density at radius 1 is 1.28 bits per heavy atom. The fraction of sp³-hybridized carbons (Fsp3) is 0.412. The Labute approximate surface area is 145 Å². The molecule has 0 radical (unpaired) electrons. The maximum Gasteiger partial charge on any atom is 0.223 e. The Morgan fingerprint density at radius 3 is 2.88 bits per heavy atom. The van der Waals surface area contributed by atoms with Gasteiger partial charge in [-0.15, -0.1) is 15.3 Å². The summed E-state index contributed by atoms with van der Waals surface area (Å²) in [6.07, 6.45) is 7.28. The predicted octanol–water partition coefficient (Wildman–Crippen LogP) is 0.996. The number of amides is 1. The molecule has 1 saturated heterocycles. The molecule has 130 valence electrons. The van der Waals surface area contributed by atoms with E-state index >= 15 is 0 Å². The molecule has 0 atom stereocenters. The van der Waals surface area contributed by atoms with Crippen LogP contribution in [0.4, 0.5) is 5.82 Å². The highest BCUT2D eigenvalue weighted by molar-refractivity contribution is 5.79. The van der Waals surface area contributed by atoms with Gasteiger partial charge in [-0.3, -0.25) is 4.79 Å². The zero-order valence-electron chi connectivity index (χ0n) is 14.2. The first-order valence-electron chi connectivity index (χ1n) is 8.49. The van der Waals surface area contributed by atoms with Gasteiger partial charge in [0.05, 0.1) is 0 Å². The second kappa shape index (κ2) is 6.54. The van der Waals surface area contributed by atoms with Gasteiger partial charge in [-0.25, -0.2) is 0 Å². The van der Waals surface area contributed by atoms with Gasteiger partial charge in [0.25, 0.3) is 0 Å². The largest absolute Gasteiger partial charge is 0.357 e. The lowest BCUT2D eigenvalue weighted by Crippen LogP contribution is -2.40. The summed E-state index contributed by atoms with van der Waals surface area (Å²) in [5.74, 6) is 1.11. The van der Waals surface area contributed by atoms with Crippen LogP contribution in [0, 0.1) is 5.92 Å². The van der Waals surface area contributed by atoms with Crippen LogP contribution in [0.15, 0.2) is 36.9 Å². The standard InChI is InChI=1S/C17H21N7O/c1-22-7-4-13(11-22)10-18-17(25)14-5-8-23(9-6-14)16-3-2-15-20-19-12-24(15)21-16/h2-4,7,11-12,14H,5-6,8-10H2,1H3,(H,18,25). The van der Waals surface area contributed by atoms with Crippen LogP contribution in [0.3, 0.4) is 0 Å². The molecule has 0 unspecified atom stereocenters. The zero-order chi connectivity index (χ0) is 17.2. The van der Waals surface area contributed by atoms with Crippen LogP contribution in [-0.2, 0) is 18.4 Å². The van der Waals surface area contributed by atoms with Crippen LogP contribution >= 0.6 is 0 Å². The molecule has 0 aliphatic carbocycles. The van der Waals surface area contributed by atoms with Crippen LogP contribution in [0.5, 0.6) is 0 Å². The minimum Gasteiger partial charge on any atom is -0.357 e. The van der Waals surface area contributed by atoms with E-state index in [0.717, 1.165) is 43.0 Å². The van der Waals surface area contributed by atoms with Gasteiger partial charge in [0, 0.05) is 45.0 Å². The molecule has 0 aromatic carbocycles. The normalized spacial score (nSPS) is 15.6. The Kier molecular flexibility index (Phi) is 4.09. The highest BCUT2D eigenvalue weighted by Crippen LogP contribution is 2.22. The van der Waals surface area contributed by atoms with Crippen LogP contribution < -0.4 is 10.2 Å². The van der Waals surface area contributed by atoms with Crippen molar-refractivity contribution in [2.24, 2.45) is 13.0 Å². The topological polar surface area (TPSA) is 80.4 Å². The molecule has 4 heterocycles. The molecule has 1 N–H and O–H groups in total. The molecule has 1 aliphatic heterocycles. The van der Waals surface area contributed by atoms with E-state index < -0.39 is 0 Å². The van der Waals surface area contributed by atoms with Crippen molar-refractivity contribution in [1.29, 1.82) is 0 Å². The van der Waals surface area contributed by atoms with Crippen LogP contribution in [0.1, 0.15) is 18.4 Å². The number of aryl methyl sites for hydroxylation is 1. The molecule has 0 saturated carbocycles. The number of carbonyl (C=O) groups is 1. The molecule has 1 amide bonds. The van der Waals surface area contributed by atoms with Crippen molar-refractivity contribution in [2.75, 3.05) is 18.0 Å². The summed E-state index contributed by atoms with van der Waals surface area (Å²) in [4.78, 5) is 14.6. The van der Waals surface area contributed by atoms with Gasteiger partial charge >= 0.3 is 0 Å². The molecule has 8 heteroatoms. The fourth-order valence-electron chi connectivity index (χ4n) is 3.26. The number of carbonyl (C=O) groups excluding carboxylic acids is 1. The van der Waals surface area contributed by atoms with Gasteiger partial charge in [0.1, 0.15) is 12.1 Å². The van der Waals surface area contributed by atoms with E-state index in [4.69, 9.17) is 0 Å². The number of anilines is 1. The number of hydrogen-bond donors (Lipinski definition) is 1. The Balaban J connectivity index is 1.32. The molecule has 25 heavy (non-hydrogen) atoms. The fourth-order valence-corrected chi connectivity index (χ4v) is 3.26. The van der Waals surface area contributed by atoms with Crippen molar-refractivity contribution >= 4 is 17.4 Å². The summed E-state index contributed by atoms with van der Waals surface area (Å²) >= 11 is 0. The highest BCUT2D eigenvalue weighted by Gasteiger charge is 2.25. The quantitative estimate of drug-likeness (QED) is 0.767. The van der Waals surface area contributed by atoms with Gasteiger partial charge < -0.3 is 14.8 Å². The van der Waals surface area contributed by atoms with Gasteiger partial charge in [-0.2, -0.15) is 4.52 Å². The van der Waals surface area contributed by atoms with E-state index in [-0.39, 0.29) is 11.8 Å². The number of rotatable bonds is 4. The van der Waals surface area contributed by atoms with Gasteiger partial charge in [0.2, 0.25) is 5.91 Å². The second-order valence-electron chi connectivity index (χ2n) is 6.49. The molecular formula is C17H21N7O. The molecule has 0 bridgehead atoms. The molecule has 1 aliphatic rings. The Morgan fingerprint density at radius 2 is 2.12 bits per heavy atom. The van der Waals surface area contributed by atoms with E-state index in [2.05, 4.69) is 25.5 Å². The molecule has 3 aromatic rings. The summed E-state index contributed by atoms with van der Waals surface area (Å²) in [6, 6.07) is 5.89. The first kappa shape index (κ1) is 15.6. The monoisotopic (exact) mass is 339 g/mol. The molecule has 8 nitrogen and oxygen atoms in total. The lowest BCUT2D eigenvalue weighted by molar-refractivity contribution is -0.125. The summed E-state index contributed by atoms with van der Waals surface area (Å²) in [6.45, 7) is 2.24. The van der Waals surface area contributed by atoms with E-state index in [9.17, 15) is 4.79 Å². The van der Waals surface area contributed by atoms with E-state index in [0.29, 0.717) is 6.54 Å². The average Bonchev–Trinajstić information content (AvgIpc) is 3.27. The first-order chi connectivity index (χ1) is 12.2. The summed E-state index contributed by atoms with van der Waals surface area (Å²) in [5.41, 5.74) is 1.86. The number of aromatic nitrogens is 5. The van der Waals surface area contributed by atoms with E-state index in [1.54, 1.807) is 10.8 Å². The van der Waals surface area contributed by atoms with Gasteiger partial charge in [-0.05, 0) is 36.6 Å². The first-order valence-corrected chi connectivity index (χ1v) is 8.49. The lowest BCUT2D eigenvalue weighted by atomic mass is 9.96. The van der Waals surface area contributed by atoms with Crippen molar-refractivity contribution in [3.63, 3.8) is 0 Å². The molecule has 0 spiro atoms. The van der Waals surface area contributed by atoms with E-state index in [1.165, 1.54) is 0 Å². The van der Waals surface area contributed by atoms with Crippen LogP contribution in [0.2, 0.25) is 0 Å². The van der Waals surface area contributed by atoms with Crippen LogP contribution in [0.25, 0.3) is 5.65 Å². The minimum atomic E-state index is 0.0682. The van der Waals surface area contributed by atoms with Gasteiger partial charge in [0.15, 0.2) is 5.65 Å². The minimum absolute atomic E-state index is 0.0682. The average molecular weight is 339 g/mol. The maximum absolute atomic E-state index is 12.4. The molecule has 3 aromatic heterocycles. The zero-order valence-corrected chi connectivity index (χ0v) is 14.2. The summed E-state index contributed by atoms with van der Waals surface area (Å²) in [7, 11) is 1.98. The third-order valence-electron chi connectivity index (χ3n) is 4.70. The molecule has 4 rings (SSSR count). The van der Waals surface area contributed by atoms with Crippen molar-refractivity contribution in [1.82, 2.24) is 29.7 Å². The number of fused-ring (bicyclic) bond motifs is 1. The van der Waals surface area contributed by atoms with Crippen molar-refractivity contribution in [3.8, 4) is 0 Å². The number of nitrogens with zero attached hydrogens (tertiary/aromatic N) is 6. The highest BCUT2D eigenvalue weighted by atomic mass is 16.1. The lowest BCUT2D eigenvalue weighted by Gasteiger charge is -2.31. The second-order valence-corrected chi connectivity index (χ2v) is 6.49. The van der Waals surface area contributed by atoms with Crippen molar-refractivity contribution in [3.05, 3.63) is 42.5 Å². The SMILES string of the molecule is Cn1ccc(CNC(=O)C2CCN(c3ccc4nncn4n3)CC2)c1. The summed E-state index contributed by atoms with van der Waals surface area (Å²) < 4.78 is 3.66. The Hall–Kier alpha value is -2.90. The smallest absolute Gasteiger partial charge is 0.223 e. The third kappa shape index (κ3) is 3.33. The van der Waals surface area contributed by atoms with Crippen molar-refractivity contribution in [2.45, 2.75) is 19.4 Å². The summed E-state index contributed by atoms with van der Waals surface area (Å²) in [5, 5.41) is 15.4. The number of piperidine rings is 1. The number of nitrogens with one attached hydrogen (secondary N) is 1. The van der Waals surface area contributed by atoms with Crippen LogP contribution in [-0.4, -0.2) is 43.4 Å². The van der Waals surface area contributed by atoms with Crippen molar-refractivity contribution < 1.29 is 4.79 Å². The maximum atomic E-state index is 12.4. The van der Waals surface area contributed by atoms with Gasteiger partial charge in [-0.1, -0.05) is 0 Å². The number of hydrogen-bond acceptors (Lipinski definition) is 5. The Bertz CT molecular complexity index is 876. The molecular weight excluding hydrogens is 318 g/mol. The van der Waals surface area contributed by atoms with E-state index in [1.807, 2.05) is 42.2 Å². The molecule has 1 fully saturated rings.